The Balaban J connectivity index is 2.72. The third-order valence-corrected chi connectivity index (χ3v) is 4.03. The van der Waals surface area contributed by atoms with E-state index in [2.05, 4.69) is 5.18 Å². The molecule has 0 aliphatic carbocycles. The maximum atomic E-state index is 11.1. The molecular weight excluding hydrogens is 246 g/mol. The lowest BCUT2D eigenvalue weighted by molar-refractivity contribution is -0.000654. The van der Waals surface area contributed by atoms with Crippen LogP contribution in [0.2, 0.25) is 0 Å². The number of benzene rings is 1. The summed E-state index contributed by atoms with van der Waals surface area (Å²) in [6.07, 6.45) is 0.308. The van der Waals surface area contributed by atoms with Gasteiger partial charge in [-0.15, -0.1) is 0 Å². The highest BCUT2D eigenvalue weighted by atomic mass is 16.5. The number of hydrogen-bond donors (Lipinski definition) is 2. The molecule has 0 fully saturated rings. The van der Waals surface area contributed by atoms with E-state index in [0.717, 1.165) is 11.1 Å². The number of rotatable bonds is 2. The molecule has 0 aromatic heterocycles. The fourth-order valence-corrected chi connectivity index (χ4v) is 2.65. The molecule has 104 valence electrons. The Morgan fingerprint density at radius 1 is 1.32 bits per heavy atom. The predicted molar refractivity (Wildman–Crippen MR) is 71.6 cm³/mol. The van der Waals surface area contributed by atoms with Crippen molar-refractivity contribution >= 4 is 0 Å². The van der Waals surface area contributed by atoms with E-state index in [9.17, 15) is 15.1 Å². The van der Waals surface area contributed by atoms with Gasteiger partial charge in [0, 0.05) is 17.5 Å². The van der Waals surface area contributed by atoms with Crippen molar-refractivity contribution in [2.24, 2.45) is 5.18 Å². The summed E-state index contributed by atoms with van der Waals surface area (Å²) in [6, 6.07) is -0.605. The van der Waals surface area contributed by atoms with Gasteiger partial charge in [0.2, 0.25) is 0 Å². The normalized spacial score (nSPS) is 25.6. The van der Waals surface area contributed by atoms with E-state index in [1.807, 2.05) is 6.92 Å². The van der Waals surface area contributed by atoms with Crippen LogP contribution in [0.5, 0.6) is 11.5 Å². The number of fused-ring (bicyclic) bond motifs is 1. The monoisotopic (exact) mass is 265 g/mol. The molecule has 0 saturated heterocycles. The van der Waals surface area contributed by atoms with Gasteiger partial charge in [-0.1, -0.05) is 5.18 Å². The van der Waals surface area contributed by atoms with Gasteiger partial charge in [0.05, 0.1) is 6.61 Å². The smallest absolute Gasteiger partial charge is 0.132 e. The van der Waals surface area contributed by atoms with Gasteiger partial charge in [0.1, 0.15) is 23.1 Å². The van der Waals surface area contributed by atoms with Crippen LogP contribution in [0.1, 0.15) is 41.6 Å². The van der Waals surface area contributed by atoms with Crippen molar-refractivity contribution in [3.63, 3.8) is 0 Å². The highest BCUT2D eigenvalue weighted by molar-refractivity contribution is 5.59. The second-order valence-electron chi connectivity index (χ2n) is 5.50. The summed E-state index contributed by atoms with van der Waals surface area (Å²) in [5.41, 5.74) is 1.96. The summed E-state index contributed by atoms with van der Waals surface area (Å²) in [7, 11) is 0. The lowest BCUT2D eigenvalue weighted by Gasteiger charge is -2.38. The fourth-order valence-electron chi connectivity index (χ4n) is 2.65. The van der Waals surface area contributed by atoms with Crippen molar-refractivity contribution < 1.29 is 14.9 Å². The molecule has 1 aliphatic rings. The number of aliphatic hydroxyl groups excluding tert-OH is 1. The lowest BCUT2D eigenvalue weighted by Crippen LogP contribution is -2.41. The summed E-state index contributed by atoms with van der Waals surface area (Å²) in [5, 5.41) is 22.7. The minimum Gasteiger partial charge on any atom is -0.507 e. The van der Waals surface area contributed by atoms with Crippen LogP contribution in [-0.4, -0.2) is 22.4 Å². The molecule has 0 spiro atoms. The first-order valence-electron chi connectivity index (χ1n) is 6.29. The largest absolute Gasteiger partial charge is 0.507 e. The van der Waals surface area contributed by atoms with Gasteiger partial charge < -0.3 is 14.9 Å². The molecule has 0 radical (unpaired) electrons. The minimum absolute atomic E-state index is 0.182. The maximum absolute atomic E-state index is 11.1. The summed E-state index contributed by atoms with van der Waals surface area (Å²) in [6.45, 7) is 6.96. The quantitative estimate of drug-likeness (QED) is 0.806. The van der Waals surface area contributed by atoms with E-state index in [1.54, 1.807) is 20.8 Å². The standard InChI is InChI=1S/C14H19NO4/c1-7-8(2)13-11(9(3)12(7)17)10(15-18)5-14(4,6-16)19-13/h10,16-17H,5-6H2,1-4H3. The fraction of sp³-hybridized carbons (Fsp3) is 0.571. The van der Waals surface area contributed by atoms with Gasteiger partial charge in [0.15, 0.2) is 0 Å². The molecular formula is C14H19NO4. The van der Waals surface area contributed by atoms with Crippen LogP contribution in [-0.2, 0) is 0 Å². The van der Waals surface area contributed by atoms with Crippen molar-refractivity contribution in [3.05, 3.63) is 27.2 Å². The number of hydrogen-bond acceptors (Lipinski definition) is 5. The maximum Gasteiger partial charge on any atom is 0.132 e. The average Bonchev–Trinajstić information content (AvgIpc) is 2.41. The molecule has 0 bridgehead atoms. The number of phenolic OH excluding ortho intramolecular Hbond substituents is 1. The molecule has 1 heterocycles. The Morgan fingerprint density at radius 3 is 2.47 bits per heavy atom. The molecule has 1 aromatic carbocycles. The van der Waals surface area contributed by atoms with Crippen LogP contribution in [0.25, 0.3) is 0 Å². The van der Waals surface area contributed by atoms with Gasteiger partial charge in [0.25, 0.3) is 0 Å². The molecule has 2 unspecified atom stereocenters. The Bertz CT molecular complexity index is 541. The highest BCUT2D eigenvalue weighted by Gasteiger charge is 2.40. The number of nitrogens with zero attached hydrogens (tertiary/aromatic N) is 1. The molecule has 19 heavy (non-hydrogen) atoms. The van der Waals surface area contributed by atoms with E-state index >= 15 is 0 Å². The van der Waals surface area contributed by atoms with E-state index in [0.29, 0.717) is 23.3 Å². The first-order chi connectivity index (χ1) is 8.84. The van der Waals surface area contributed by atoms with E-state index < -0.39 is 11.6 Å². The number of aliphatic hydroxyl groups is 1. The van der Waals surface area contributed by atoms with Crippen molar-refractivity contribution in [1.82, 2.24) is 0 Å². The van der Waals surface area contributed by atoms with Gasteiger partial charge >= 0.3 is 0 Å². The molecule has 5 heteroatoms. The van der Waals surface area contributed by atoms with Crippen LogP contribution in [0, 0.1) is 25.7 Å². The van der Waals surface area contributed by atoms with Crippen molar-refractivity contribution in [2.45, 2.75) is 45.8 Å². The second-order valence-corrected chi connectivity index (χ2v) is 5.50. The van der Waals surface area contributed by atoms with Crippen LogP contribution in [0.4, 0.5) is 0 Å². The van der Waals surface area contributed by atoms with Gasteiger partial charge in [-0.3, -0.25) is 0 Å². The number of ether oxygens (including phenoxy) is 1. The van der Waals surface area contributed by atoms with E-state index in [4.69, 9.17) is 4.74 Å². The summed E-state index contributed by atoms with van der Waals surface area (Å²) in [4.78, 5) is 11.1. The number of nitroso groups, excluding NO2 is 1. The zero-order valence-corrected chi connectivity index (χ0v) is 11.6. The third kappa shape index (κ3) is 1.98. The number of phenols is 1. The van der Waals surface area contributed by atoms with E-state index in [1.165, 1.54) is 0 Å². The molecule has 0 saturated carbocycles. The van der Waals surface area contributed by atoms with Gasteiger partial charge in [-0.25, -0.2) is 0 Å². The van der Waals surface area contributed by atoms with Crippen molar-refractivity contribution in [2.75, 3.05) is 6.61 Å². The first kappa shape index (κ1) is 13.8. The highest BCUT2D eigenvalue weighted by Crippen LogP contribution is 2.48. The average molecular weight is 265 g/mol. The summed E-state index contributed by atoms with van der Waals surface area (Å²) in [5.74, 6) is 0.751. The zero-order chi connectivity index (χ0) is 14.4. The summed E-state index contributed by atoms with van der Waals surface area (Å²) >= 11 is 0. The van der Waals surface area contributed by atoms with Gasteiger partial charge in [-0.05, 0) is 38.8 Å². The molecule has 0 amide bonds. The molecule has 1 aliphatic heterocycles. The van der Waals surface area contributed by atoms with Gasteiger partial charge in [-0.2, -0.15) is 4.91 Å². The Morgan fingerprint density at radius 2 is 1.95 bits per heavy atom. The molecule has 2 atom stereocenters. The lowest BCUT2D eigenvalue weighted by atomic mass is 9.84. The van der Waals surface area contributed by atoms with Crippen LogP contribution < -0.4 is 4.74 Å². The number of aromatic hydroxyl groups is 1. The van der Waals surface area contributed by atoms with E-state index in [-0.39, 0.29) is 12.4 Å². The topological polar surface area (TPSA) is 79.1 Å². The second kappa shape index (κ2) is 4.49. The molecule has 2 rings (SSSR count). The Hall–Kier alpha value is -1.62. The van der Waals surface area contributed by atoms with Crippen molar-refractivity contribution in [1.29, 1.82) is 0 Å². The minimum atomic E-state index is -0.813. The van der Waals surface area contributed by atoms with Crippen LogP contribution in [0.3, 0.4) is 0 Å². The zero-order valence-electron chi connectivity index (χ0n) is 11.6. The molecule has 1 aromatic rings. The third-order valence-electron chi connectivity index (χ3n) is 4.03. The van der Waals surface area contributed by atoms with Crippen LogP contribution in [0.15, 0.2) is 5.18 Å². The predicted octanol–water partition coefficient (Wildman–Crippen LogP) is 2.66. The SMILES string of the molecule is Cc1c(C)c2c(c(C)c1O)C(N=O)CC(C)(CO)O2. The Kier molecular flexibility index (Phi) is 3.26. The molecule has 2 N–H and O–H groups in total. The Labute approximate surface area is 112 Å². The first-order valence-corrected chi connectivity index (χ1v) is 6.29. The van der Waals surface area contributed by atoms with Crippen LogP contribution >= 0.6 is 0 Å². The molecule has 5 nitrogen and oxygen atoms in total. The van der Waals surface area contributed by atoms with Crippen molar-refractivity contribution in [3.8, 4) is 11.5 Å². The summed E-state index contributed by atoms with van der Waals surface area (Å²) < 4.78 is 5.89.